The summed E-state index contributed by atoms with van der Waals surface area (Å²) in [7, 11) is 0. The van der Waals surface area contributed by atoms with Gasteiger partial charge in [-0.3, -0.25) is 9.48 Å². The molecule has 0 spiro atoms. The molecule has 2 heterocycles. The Bertz CT molecular complexity index is 949. The van der Waals surface area contributed by atoms with E-state index in [1.165, 1.54) is 29.1 Å². The lowest BCUT2D eigenvalue weighted by Crippen LogP contribution is -2.24. The summed E-state index contributed by atoms with van der Waals surface area (Å²) in [6, 6.07) is 7.86. The van der Waals surface area contributed by atoms with Crippen molar-refractivity contribution >= 4 is 5.91 Å². The first kappa shape index (κ1) is 19.5. The number of rotatable bonds is 7. The van der Waals surface area contributed by atoms with Crippen LogP contribution in [0.5, 0.6) is 5.75 Å². The number of carbonyl (C=O) groups is 1. The fourth-order valence-electron chi connectivity index (χ4n) is 2.39. The molecule has 2 aromatic heterocycles. The minimum atomic E-state index is -4.44. The molecule has 0 saturated carbocycles. The molecule has 0 atom stereocenters. The third-order valence-electron chi connectivity index (χ3n) is 3.85. The first-order valence-electron chi connectivity index (χ1n) is 8.49. The van der Waals surface area contributed by atoms with Crippen molar-refractivity contribution in [1.29, 1.82) is 0 Å². The summed E-state index contributed by atoms with van der Waals surface area (Å²) in [5, 5.41) is 11.0. The number of nitrogens with zero attached hydrogens (tertiary/aromatic N) is 4. The van der Waals surface area contributed by atoms with Crippen LogP contribution in [0.3, 0.4) is 0 Å². The van der Waals surface area contributed by atoms with Crippen molar-refractivity contribution in [2.24, 2.45) is 0 Å². The Kier molecular flexibility index (Phi) is 5.67. The molecule has 10 heteroatoms. The lowest BCUT2D eigenvalue weighted by molar-refractivity contribution is -0.137. The first-order chi connectivity index (χ1) is 13.3. The SMILES string of the molecule is CCn1ccc(CNC(=O)c2ccn(COc3cccc(C(F)(F)F)c3)n2)n1. The summed E-state index contributed by atoms with van der Waals surface area (Å²) in [4.78, 5) is 12.1. The molecule has 7 nitrogen and oxygen atoms in total. The molecule has 3 rings (SSSR count). The molecule has 0 unspecified atom stereocenters. The Morgan fingerprint density at radius 2 is 1.93 bits per heavy atom. The van der Waals surface area contributed by atoms with E-state index in [-0.39, 0.29) is 30.6 Å². The van der Waals surface area contributed by atoms with Gasteiger partial charge in [-0.2, -0.15) is 23.4 Å². The number of hydrogen-bond acceptors (Lipinski definition) is 4. The van der Waals surface area contributed by atoms with Crippen molar-refractivity contribution in [3.8, 4) is 5.75 Å². The molecule has 28 heavy (non-hydrogen) atoms. The van der Waals surface area contributed by atoms with Gasteiger partial charge in [0, 0.05) is 18.9 Å². The highest BCUT2D eigenvalue weighted by molar-refractivity contribution is 5.92. The van der Waals surface area contributed by atoms with Crippen molar-refractivity contribution in [1.82, 2.24) is 24.9 Å². The molecule has 148 valence electrons. The van der Waals surface area contributed by atoms with Crippen molar-refractivity contribution in [2.45, 2.75) is 32.9 Å². The summed E-state index contributed by atoms with van der Waals surface area (Å²) < 4.78 is 46.5. The highest BCUT2D eigenvalue weighted by Gasteiger charge is 2.30. The van der Waals surface area contributed by atoms with Gasteiger partial charge in [-0.25, -0.2) is 4.68 Å². The van der Waals surface area contributed by atoms with Gasteiger partial charge in [-0.15, -0.1) is 0 Å². The molecule has 1 aromatic carbocycles. The number of halogens is 3. The summed E-state index contributed by atoms with van der Waals surface area (Å²) in [6.07, 6.45) is -1.11. The van der Waals surface area contributed by atoms with Crippen LogP contribution in [0.15, 0.2) is 48.8 Å². The van der Waals surface area contributed by atoms with Crippen molar-refractivity contribution < 1.29 is 22.7 Å². The van der Waals surface area contributed by atoms with Gasteiger partial charge in [0.15, 0.2) is 6.73 Å². The molecule has 0 radical (unpaired) electrons. The molecular weight excluding hydrogens is 375 g/mol. The second-order valence-electron chi connectivity index (χ2n) is 5.88. The maximum absolute atomic E-state index is 12.7. The topological polar surface area (TPSA) is 74.0 Å². The third kappa shape index (κ3) is 4.90. The van der Waals surface area contributed by atoms with Gasteiger partial charge in [-0.1, -0.05) is 6.07 Å². The Hall–Kier alpha value is -3.30. The van der Waals surface area contributed by atoms with Gasteiger partial charge in [0.25, 0.3) is 5.91 Å². The van der Waals surface area contributed by atoms with Gasteiger partial charge in [0.05, 0.1) is 17.8 Å². The van der Waals surface area contributed by atoms with E-state index in [1.54, 1.807) is 4.68 Å². The molecule has 3 aromatic rings. The number of nitrogens with one attached hydrogen (secondary N) is 1. The van der Waals surface area contributed by atoms with Crippen molar-refractivity contribution in [2.75, 3.05) is 0 Å². The highest BCUT2D eigenvalue weighted by atomic mass is 19.4. The van der Waals surface area contributed by atoms with Gasteiger partial charge >= 0.3 is 6.18 Å². The third-order valence-corrected chi connectivity index (χ3v) is 3.85. The van der Waals surface area contributed by atoms with Gasteiger partial charge in [0.2, 0.25) is 0 Å². The lowest BCUT2D eigenvalue weighted by Gasteiger charge is -2.10. The van der Waals surface area contributed by atoms with E-state index in [4.69, 9.17) is 4.74 Å². The molecule has 0 fully saturated rings. The van der Waals surface area contributed by atoms with E-state index in [9.17, 15) is 18.0 Å². The second-order valence-corrected chi connectivity index (χ2v) is 5.88. The van der Waals surface area contributed by atoms with E-state index >= 15 is 0 Å². The van der Waals surface area contributed by atoms with Gasteiger partial charge < -0.3 is 10.1 Å². The molecular formula is C18H18F3N5O2. The summed E-state index contributed by atoms with van der Waals surface area (Å²) >= 11 is 0. The molecule has 1 amide bonds. The van der Waals surface area contributed by atoms with Crippen LogP contribution >= 0.6 is 0 Å². The predicted octanol–water partition coefficient (Wildman–Crippen LogP) is 3.08. The Balaban J connectivity index is 1.54. The highest BCUT2D eigenvalue weighted by Crippen LogP contribution is 2.31. The minimum Gasteiger partial charge on any atom is -0.471 e. The van der Waals surface area contributed by atoms with Crippen LogP contribution in [-0.2, 0) is 26.0 Å². The number of alkyl halides is 3. The van der Waals surface area contributed by atoms with Crippen LogP contribution in [0, 0.1) is 0 Å². The number of aromatic nitrogens is 4. The largest absolute Gasteiger partial charge is 0.471 e. The van der Waals surface area contributed by atoms with E-state index in [0.29, 0.717) is 0 Å². The smallest absolute Gasteiger partial charge is 0.416 e. The maximum atomic E-state index is 12.7. The van der Waals surface area contributed by atoms with Gasteiger partial charge in [-0.05, 0) is 37.3 Å². The summed E-state index contributed by atoms with van der Waals surface area (Å²) in [5.41, 5.74) is 0.0983. The monoisotopic (exact) mass is 393 g/mol. The van der Waals surface area contributed by atoms with Crippen LogP contribution in [0.25, 0.3) is 0 Å². The van der Waals surface area contributed by atoms with Crippen LogP contribution in [0.2, 0.25) is 0 Å². The van der Waals surface area contributed by atoms with Crippen molar-refractivity contribution in [3.63, 3.8) is 0 Å². The van der Waals surface area contributed by atoms with E-state index in [1.807, 2.05) is 19.2 Å². The van der Waals surface area contributed by atoms with E-state index in [2.05, 4.69) is 15.5 Å². The van der Waals surface area contributed by atoms with Crippen LogP contribution in [-0.4, -0.2) is 25.5 Å². The normalized spacial score (nSPS) is 11.4. The van der Waals surface area contributed by atoms with Crippen LogP contribution in [0.4, 0.5) is 13.2 Å². The quantitative estimate of drug-likeness (QED) is 0.670. The minimum absolute atomic E-state index is 0.0582. The van der Waals surface area contributed by atoms with Gasteiger partial charge in [0.1, 0.15) is 11.4 Å². The standard InChI is InChI=1S/C18H18F3N5O2/c1-2-25-8-6-14(23-25)11-22-17(27)16-7-9-26(24-16)12-28-15-5-3-4-13(10-15)18(19,20)21/h3-10H,2,11-12H2,1H3,(H,22,27). The molecule has 0 bridgehead atoms. The van der Waals surface area contributed by atoms with E-state index in [0.717, 1.165) is 24.4 Å². The molecule has 1 N–H and O–H groups in total. The van der Waals surface area contributed by atoms with Crippen LogP contribution in [0.1, 0.15) is 28.7 Å². The number of carbonyl (C=O) groups excluding carboxylic acids is 1. The number of amides is 1. The van der Waals surface area contributed by atoms with E-state index < -0.39 is 11.7 Å². The Morgan fingerprint density at radius 3 is 2.64 bits per heavy atom. The molecule has 0 saturated heterocycles. The zero-order chi connectivity index (χ0) is 20.1. The molecule has 0 aliphatic heterocycles. The lowest BCUT2D eigenvalue weighted by atomic mass is 10.2. The zero-order valence-corrected chi connectivity index (χ0v) is 15.0. The molecule has 0 aliphatic rings. The number of hydrogen-bond donors (Lipinski definition) is 1. The van der Waals surface area contributed by atoms with Crippen LogP contribution < -0.4 is 10.1 Å². The number of benzene rings is 1. The predicted molar refractivity (Wildman–Crippen MR) is 93.4 cm³/mol. The average Bonchev–Trinajstić information content (AvgIpc) is 3.33. The Morgan fingerprint density at radius 1 is 1.14 bits per heavy atom. The fourth-order valence-corrected chi connectivity index (χ4v) is 2.39. The fraction of sp³-hybridized carbons (Fsp3) is 0.278. The summed E-state index contributed by atoms with van der Waals surface area (Å²) in [5.74, 6) is -0.327. The molecule has 0 aliphatic carbocycles. The second kappa shape index (κ2) is 8.15. The maximum Gasteiger partial charge on any atom is 0.416 e. The van der Waals surface area contributed by atoms with Crippen molar-refractivity contribution in [3.05, 3.63) is 65.7 Å². The zero-order valence-electron chi connectivity index (χ0n) is 15.0. The average molecular weight is 393 g/mol. The Labute approximate surface area is 158 Å². The summed E-state index contributed by atoms with van der Waals surface area (Å²) in [6.45, 7) is 2.84. The first-order valence-corrected chi connectivity index (χ1v) is 8.49. The number of aryl methyl sites for hydroxylation is 1. The number of ether oxygens (including phenoxy) is 1.